The Balaban J connectivity index is 1.39. The van der Waals surface area contributed by atoms with Crippen molar-refractivity contribution in [3.63, 3.8) is 0 Å². The number of carbonyl (C=O) groups excluding carboxylic acids is 2. The molecule has 0 saturated heterocycles. The van der Waals surface area contributed by atoms with E-state index in [2.05, 4.69) is 34.9 Å². The Morgan fingerprint density at radius 1 is 0.970 bits per heavy atom. The molecule has 33 heavy (non-hydrogen) atoms. The largest absolute Gasteiger partial charge is 0.481 e. The molecule has 7 nitrogen and oxygen atoms in total. The van der Waals surface area contributed by atoms with Crippen LogP contribution in [-0.4, -0.2) is 42.8 Å². The molecule has 2 aromatic carbocycles. The number of carboxylic acids is 1. The van der Waals surface area contributed by atoms with Gasteiger partial charge in [0.15, 0.2) is 0 Å². The fourth-order valence-electron chi connectivity index (χ4n) is 4.12. The molecular formula is C26H32N2O5. The standard InChI is InChI=1S/C26H32N2O5/c1-3-18(25(30)31)15-27-24(29)13-12-17(2)14-28-26(32)33-16-23-21-10-6-4-8-19(21)20-9-5-7-11-22(20)23/h4-11,17-18,23H,3,12-16H2,1-2H3,(H,27,29)(H,28,32)(H,30,31). The van der Waals surface area contributed by atoms with E-state index in [9.17, 15) is 14.4 Å². The number of carbonyl (C=O) groups is 3. The smallest absolute Gasteiger partial charge is 0.407 e. The third-order valence-corrected chi connectivity index (χ3v) is 6.19. The van der Waals surface area contributed by atoms with Crippen molar-refractivity contribution in [1.29, 1.82) is 0 Å². The topological polar surface area (TPSA) is 105 Å². The SMILES string of the molecule is CCC(CNC(=O)CCC(C)CNC(=O)OCC1c2ccccc2-c2ccccc21)C(=O)O. The maximum absolute atomic E-state index is 12.3. The second-order valence-corrected chi connectivity index (χ2v) is 8.60. The lowest BCUT2D eigenvalue weighted by molar-refractivity contribution is -0.141. The van der Waals surface area contributed by atoms with E-state index in [0.717, 1.165) is 0 Å². The van der Waals surface area contributed by atoms with Gasteiger partial charge in [0.2, 0.25) is 5.91 Å². The van der Waals surface area contributed by atoms with E-state index in [1.54, 1.807) is 6.92 Å². The van der Waals surface area contributed by atoms with E-state index in [4.69, 9.17) is 9.84 Å². The van der Waals surface area contributed by atoms with Crippen LogP contribution in [0.4, 0.5) is 4.79 Å². The molecule has 0 spiro atoms. The van der Waals surface area contributed by atoms with Crippen LogP contribution in [0.3, 0.4) is 0 Å². The van der Waals surface area contributed by atoms with Crippen LogP contribution in [0.1, 0.15) is 50.2 Å². The Hall–Kier alpha value is -3.35. The quantitative estimate of drug-likeness (QED) is 0.475. The molecule has 2 atom stereocenters. The number of fused-ring (bicyclic) bond motifs is 3. The zero-order chi connectivity index (χ0) is 23.8. The van der Waals surface area contributed by atoms with Crippen LogP contribution >= 0.6 is 0 Å². The van der Waals surface area contributed by atoms with Crippen LogP contribution in [0.25, 0.3) is 11.1 Å². The number of hydrogen-bond donors (Lipinski definition) is 3. The van der Waals surface area contributed by atoms with Crippen molar-refractivity contribution in [3.8, 4) is 11.1 Å². The second-order valence-electron chi connectivity index (χ2n) is 8.60. The summed E-state index contributed by atoms with van der Waals surface area (Å²) in [6.07, 6.45) is 0.861. The van der Waals surface area contributed by atoms with Gasteiger partial charge in [-0.15, -0.1) is 0 Å². The number of alkyl carbamates (subject to hydrolysis) is 1. The van der Waals surface area contributed by atoms with Crippen molar-refractivity contribution in [2.75, 3.05) is 19.7 Å². The van der Waals surface area contributed by atoms with Crippen molar-refractivity contribution in [1.82, 2.24) is 10.6 Å². The minimum atomic E-state index is -0.904. The normalized spacial score (nSPS) is 14.0. The zero-order valence-electron chi connectivity index (χ0n) is 19.2. The molecule has 2 amide bonds. The van der Waals surface area contributed by atoms with Gasteiger partial charge >= 0.3 is 12.1 Å². The Morgan fingerprint density at radius 3 is 2.15 bits per heavy atom. The fraction of sp³-hybridized carbons (Fsp3) is 0.423. The fourth-order valence-corrected chi connectivity index (χ4v) is 4.12. The van der Waals surface area contributed by atoms with Crippen molar-refractivity contribution >= 4 is 18.0 Å². The Labute approximate surface area is 194 Å². The van der Waals surface area contributed by atoms with Gasteiger partial charge in [0.25, 0.3) is 0 Å². The van der Waals surface area contributed by atoms with E-state index in [-0.39, 0.29) is 37.3 Å². The second kappa shape index (κ2) is 11.5. The van der Waals surface area contributed by atoms with Gasteiger partial charge in [0, 0.05) is 25.4 Å². The first kappa shape index (κ1) is 24.3. The van der Waals surface area contributed by atoms with Gasteiger partial charge in [-0.05, 0) is 41.0 Å². The maximum Gasteiger partial charge on any atom is 0.407 e. The molecule has 176 valence electrons. The number of ether oxygens (including phenoxy) is 1. The van der Waals surface area contributed by atoms with E-state index in [1.807, 2.05) is 31.2 Å². The van der Waals surface area contributed by atoms with Crippen LogP contribution in [0, 0.1) is 11.8 Å². The zero-order valence-corrected chi connectivity index (χ0v) is 19.2. The molecule has 2 unspecified atom stereocenters. The number of hydrogen-bond acceptors (Lipinski definition) is 4. The third kappa shape index (κ3) is 6.34. The lowest BCUT2D eigenvalue weighted by Crippen LogP contribution is -2.33. The van der Waals surface area contributed by atoms with E-state index >= 15 is 0 Å². The summed E-state index contributed by atoms with van der Waals surface area (Å²) in [5, 5.41) is 14.5. The summed E-state index contributed by atoms with van der Waals surface area (Å²) in [4.78, 5) is 35.2. The predicted octanol–water partition coefficient (Wildman–Crippen LogP) is 4.17. The number of benzene rings is 2. The molecule has 1 aliphatic rings. The van der Waals surface area contributed by atoms with Crippen LogP contribution < -0.4 is 10.6 Å². The van der Waals surface area contributed by atoms with Crippen LogP contribution in [0.5, 0.6) is 0 Å². The summed E-state index contributed by atoms with van der Waals surface area (Å²) in [7, 11) is 0. The molecule has 2 aromatic rings. The number of amides is 2. The molecule has 0 aromatic heterocycles. The minimum Gasteiger partial charge on any atom is -0.481 e. The predicted molar refractivity (Wildman–Crippen MR) is 126 cm³/mol. The molecule has 3 N–H and O–H groups in total. The Bertz CT molecular complexity index is 945. The highest BCUT2D eigenvalue weighted by Crippen LogP contribution is 2.44. The molecule has 0 fully saturated rings. The van der Waals surface area contributed by atoms with Crippen LogP contribution in [-0.2, 0) is 14.3 Å². The number of carboxylic acid groups (broad SMARTS) is 1. The van der Waals surface area contributed by atoms with E-state index in [0.29, 0.717) is 19.4 Å². The summed E-state index contributed by atoms with van der Waals surface area (Å²) in [6.45, 7) is 4.53. The summed E-state index contributed by atoms with van der Waals surface area (Å²) in [5.41, 5.74) is 4.70. The Morgan fingerprint density at radius 2 is 1.58 bits per heavy atom. The van der Waals surface area contributed by atoms with Crippen molar-refractivity contribution < 1.29 is 24.2 Å². The lowest BCUT2D eigenvalue weighted by Gasteiger charge is -2.16. The number of rotatable bonds is 11. The van der Waals surface area contributed by atoms with Gasteiger partial charge < -0.3 is 20.5 Å². The molecule has 0 aliphatic heterocycles. The maximum atomic E-state index is 12.3. The monoisotopic (exact) mass is 452 g/mol. The minimum absolute atomic E-state index is 0.0158. The first-order valence-corrected chi connectivity index (χ1v) is 11.5. The molecule has 7 heteroatoms. The summed E-state index contributed by atoms with van der Waals surface area (Å²) in [5.74, 6) is -1.55. The van der Waals surface area contributed by atoms with E-state index < -0.39 is 18.0 Å². The molecule has 1 aliphatic carbocycles. The van der Waals surface area contributed by atoms with Gasteiger partial charge in [-0.25, -0.2) is 4.79 Å². The van der Waals surface area contributed by atoms with Gasteiger partial charge in [-0.3, -0.25) is 9.59 Å². The average Bonchev–Trinajstić information content (AvgIpc) is 3.14. The summed E-state index contributed by atoms with van der Waals surface area (Å²) >= 11 is 0. The molecule has 3 rings (SSSR count). The van der Waals surface area contributed by atoms with Crippen LogP contribution in [0.15, 0.2) is 48.5 Å². The Kier molecular flexibility index (Phi) is 8.46. The molecule has 0 radical (unpaired) electrons. The van der Waals surface area contributed by atoms with Crippen molar-refractivity contribution in [3.05, 3.63) is 59.7 Å². The molecular weight excluding hydrogens is 420 g/mol. The number of nitrogens with one attached hydrogen (secondary N) is 2. The lowest BCUT2D eigenvalue weighted by atomic mass is 9.98. The van der Waals surface area contributed by atoms with Crippen molar-refractivity contribution in [2.45, 2.75) is 39.0 Å². The van der Waals surface area contributed by atoms with Gasteiger partial charge in [-0.2, -0.15) is 0 Å². The van der Waals surface area contributed by atoms with E-state index in [1.165, 1.54) is 22.3 Å². The summed E-state index contributed by atoms with van der Waals surface area (Å²) in [6, 6.07) is 16.4. The molecule has 0 heterocycles. The summed E-state index contributed by atoms with van der Waals surface area (Å²) < 4.78 is 5.53. The molecule has 0 bridgehead atoms. The van der Waals surface area contributed by atoms with Gasteiger partial charge in [0.05, 0.1) is 5.92 Å². The highest BCUT2D eigenvalue weighted by molar-refractivity contribution is 5.79. The average molecular weight is 453 g/mol. The van der Waals surface area contributed by atoms with Crippen LogP contribution in [0.2, 0.25) is 0 Å². The van der Waals surface area contributed by atoms with Crippen molar-refractivity contribution in [2.24, 2.45) is 11.8 Å². The highest BCUT2D eigenvalue weighted by atomic mass is 16.5. The third-order valence-electron chi connectivity index (χ3n) is 6.19. The number of aliphatic carboxylic acids is 1. The highest BCUT2D eigenvalue weighted by Gasteiger charge is 2.29. The van der Waals surface area contributed by atoms with Gasteiger partial charge in [0.1, 0.15) is 6.61 Å². The first-order valence-electron chi connectivity index (χ1n) is 11.5. The first-order chi connectivity index (χ1) is 15.9. The molecule has 0 saturated carbocycles. The van der Waals surface area contributed by atoms with Gasteiger partial charge in [-0.1, -0.05) is 62.4 Å².